The van der Waals surface area contributed by atoms with Crippen LogP contribution in [0.3, 0.4) is 0 Å². The van der Waals surface area contributed by atoms with Gasteiger partial charge in [-0.15, -0.1) is 0 Å². The zero-order valence-corrected chi connectivity index (χ0v) is 11.1. The molecular formula is H4KLiO7Si2. The van der Waals surface area contributed by atoms with E-state index in [1.165, 1.54) is 0 Å². The van der Waals surface area contributed by atoms with Crippen molar-refractivity contribution in [3.8, 4) is 0 Å². The molecule has 0 heterocycles. The van der Waals surface area contributed by atoms with Gasteiger partial charge in [-0.25, -0.2) is 0 Å². The van der Waals surface area contributed by atoms with Crippen LogP contribution in [-0.4, -0.2) is 37.3 Å². The molecular weight excluding hydrogens is 214 g/mol. The standard InChI is InChI=1S/K.Li.H4O7Si2/c;;1-8(2,3)7-9(4,5)6/h;;1-4H/q2*+1;-2. The summed E-state index contributed by atoms with van der Waals surface area (Å²) in [6, 6.07) is 0. The van der Waals surface area contributed by atoms with Gasteiger partial charge in [-0.2, -0.15) is 0 Å². The van der Waals surface area contributed by atoms with Gasteiger partial charge in [-0.3, -0.25) is 0 Å². The molecule has 0 rings (SSSR count). The van der Waals surface area contributed by atoms with Crippen molar-refractivity contribution in [2.45, 2.75) is 0 Å². The van der Waals surface area contributed by atoms with E-state index in [0.29, 0.717) is 0 Å². The summed E-state index contributed by atoms with van der Waals surface area (Å²) in [4.78, 5) is 50.5. The monoisotopic (exact) mass is 218 g/mol. The van der Waals surface area contributed by atoms with Crippen LogP contribution in [0.2, 0.25) is 0 Å². The molecule has 0 aliphatic rings. The minimum Gasteiger partial charge on any atom is -0.829 e. The Morgan fingerprint density at radius 1 is 1.00 bits per heavy atom. The average molecular weight is 218 g/mol. The van der Waals surface area contributed by atoms with Crippen molar-refractivity contribution in [3.63, 3.8) is 0 Å². The predicted octanol–water partition coefficient (Wildman–Crippen LogP) is -11.4. The number of hydrogen-bond donors (Lipinski definition) is 4. The molecule has 0 aromatic heterocycles. The molecule has 7 nitrogen and oxygen atoms in total. The minimum atomic E-state index is -5.48. The largest absolute Gasteiger partial charge is 1.00 e. The van der Waals surface area contributed by atoms with Gasteiger partial charge in [0.05, 0.1) is 0 Å². The second kappa shape index (κ2) is 6.78. The third kappa shape index (κ3) is 19.0. The second-order valence-corrected chi connectivity index (χ2v) is 4.21. The van der Waals surface area contributed by atoms with Crippen molar-refractivity contribution in [1.82, 2.24) is 0 Å². The van der Waals surface area contributed by atoms with Gasteiger partial charge in [-0.1, -0.05) is 0 Å². The molecule has 0 aromatic rings. The van der Waals surface area contributed by atoms with Gasteiger partial charge in [0.25, 0.3) is 0 Å². The fourth-order valence-corrected chi connectivity index (χ4v) is 1.56. The van der Waals surface area contributed by atoms with Gasteiger partial charge in [0.1, 0.15) is 9.05 Å². The molecule has 11 heteroatoms. The van der Waals surface area contributed by atoms with Crippen LogP contribution in [-0.2, 0) is 4.12 Å². The van der Waals surface area contributed by atoms with E-state index in [2.05, 4.69) is 4.12 Å². The molecule has 0 bridgehead atoms. The van der Waals surface area contributed by atoms with Crippen LogP contribution in [0.4, 0.5) is 0 Å². The summed E-state index contributed by atoms with van der Waals surface area (Å²) in [5.74, 6) is 0. The Kier molecular flexibility index (Phi) is 11.7. The van der Waals surface area contributed by atoms with Gasteiger partial charge in [0.2, 0.25) is 0 Å². The summed E-state index contributed by atoms with van der Waals surface area (Å²) >= 11 is 0. The Hall–Kier alpha value is 2.39. The Bertz CT molecular complexity index is 81.6. The van der Waals surface area contributed by atoms with Gasteiger partial charge in [0.15, 0.2) is 0 Å². The fraction of sp³-hybridized carbons (Fsp3) is 0. The number of hydrogen-bond acceptors (Lipinski definition) is 7. The molecule has 11 heavy (non-hydrogen) atoms. The maximum atomic E-state index is 9.59. The van der Waals surface area contributed by atoms with Crippen LogP contribution in [0.5, 0.6) is 0 Å². The summed E-state index contributed by atoms with van der Waals surface area (Å²) in [7, 11) is -10.6. The zero-order valence-electron chi connectivity index (χ0n) is 6.01. The molecule has 4 N–H and O–H groups in total. The van der Waals surface area contributed by atoms with Crippen LogP contribution in [0.1, 0.15) is 0 Å². The molecule has 0 saturated carbocycles. The fourth-order valence-electron chi connectivity index (χ4n) is 0.173. The maximum absolute atomic E-state index is 9.59. The van der Waals surface area contributed by atoms with E-state index in [1.807, 2.05) is 0 Å². The van der Waals surface area contributed by atoms with Gasteiger partial charge < -0.3 is 32.9 Å². The predicted molar refractivity (Wildman–Crippen MR) is 21.5 cm³/mol. The van der Waals surface area contributed by atoms with E-state index >= 15 is 0 Å². The first kappa shape index (κ1) is 19.0. The zero-order chi connectivity index (χ0) is 7.71. The van der Waals surface area contributed by atoms with Crippen molar-refractivity contribution in [1.29, 1.82) is 0 Å². The SMILES string of the molecule is [K+].[Li+].[O-][Si]([O-])(O)O[Si](O)(O)O. The third-order valence-corrected chi connectivity index (χ3v) is 2.39. The molecule has 0 atom stereocenters. The Morgan fingerprint density at radius 3 is 1.27 bits per heavy atom. The van der Waals surface area contributed by atoms with Crippen molar-refractivity contribution >= 4 is 18.1 Å². The van der Waals surface area contributed by atoms with E-state index in [1.54, 1.807) is 0 Å². The molecule has 0 amide bonds. The molecule has 0 aromatic carbocycles. The van der Waals surface area contributed by atoms with Crippen molar-refractivity contribution in [2.24, 2.45) is 0 Å². The second-order valence-electron chi connectivity index (χ2n) is 1.20. The molecule has 0 radical (unpaired) electrons. The van der Waals surface area contributed by atoms with Crippen molar-refractivity contribution in [3.05, 3.63) is 0 Å². The van der Waals surface area contributed by atoms with E-state index in [4.69, 9.17) is 19.2 Å². The van der Waals surface area contributed by atoms with E-state index < -0.39 is 18.1 Å². The van der Waals surface area contributed by atoms with E-state index in [0.717, 1.165) is 0 Å². The van der Waals surface area contributed by atoms with Crippen LogP contribution in [0.15, 0.2) is 0 Å². The minimum absolute atomic E-state index is 0. The summed E-state index contributed by atoms with van der Waals surface area (Å²) in [5.41, 5.74) is 0. The summed E-state index contributed by atoms with van der Waals surface area (Å²) in [5, 5.41) is 0. The van der Waals surface area contributed by atoms with Crippen molar-refractivity contribution in [2.75, 3.05) is 0 Å². The topological polar surface area (TPSA) is 136 Å². The first-order valence-corrected chi connectivity index (χ1v) is 5.13. The van der Waals surface area contributed by atoms with Gasteiger partial charge in [0, 0.05) is 0 Å². The molecule has 0 unspecified atom stereocenters. The normalized spacial score (nSPS) is 11.5. The van der Waals surface area contributed by atoms with Crippen molar-refractivity contribution < 1.29 is 103 Å². The third-order valence-electron chi connectivity index (χ3n) is 0.266. The Labute approximate surface area is 119 Å². The van der Waals surface area contributed by atoms with Gasteiger partial charge >= 0.3 is 79.3 Å². The van der Waals surface area contributed by atoms with Crippen LogP contribution in [0.25, 0.3) is 0 Å². The summed E-state index contributed by atoms with van der Waals surface area (Å²) in [6.45, 7) is 0. The molecule has 0 saturated heterocycles. The van der Waals surface area contributed by atoms with Gasteiger partial charge in [-0.05, 0) is 0 Å². The maximum Gasteiger partial charge on any atom is 1.00 e. The van der Waals surface area contributed by atoms with E-state index in [-0.39, 0.29) is 70.2 Å². The van der Waals surface area contributed by atoms with Crippen LogP contribution in [0, 0.1) is 0 Å². The quantitative estimate of drug-likeness (QED) is 0.338. The number of rotatable bonds is 2. The average Bonchev–Trinajstić information content (AvgIpc) is 1.14. The molecule has 0 fully saturated rings. The molecule has 0 spiro atoms. The molecule has 0 aliphatic carbocycles. The van der Waals surface area contributed by atoms with Crippen LogP contribution >= 0.6 is 0 Å². The van der Waals surface area contributed by atoms with E-state index in [9.17, 15) is 9.59 Å². The summed E-state index contributed by atoms with van der Waals surface area (Å²) in [6.07, 6.45) is 0. The molecule has 56 valence electrons. The Balaban J connectivity index is -0.000000320. The Morgan fingerprint density at radius 2 is 1.27 bits per heavy atom. The first-order valence-electron chi connectivity index (χ1n) is 1.71. The first-order chi connectivity index (χ1) is 3.71. The summed E-state index contributed by atoms with van der Waals surface area (Å²) < 4.78 is 3.01. The smallest absolute Gasteiger partial charge is 0.829 e. The van der Waals surface area contributed by atoms with Crippen LogP contribution < -0.4 is 79.8 Å². The molecule has 0 aliphatic heterocycles.